The second-order valence-corrected chi connectivity index (χ2v) is 4.98. The number of carbonyl (C=O) groups is 1. The standard InChI is InChI=1S/C14H17N3O2/c1-2-14(13(18)19)5-3-7-17(10-14)12-8-11(9-15)4-6-16-12/h4,6,8H,2-3,5,7,10H2,1H3,(H,18,19). The minimum atomic E-state index is -0.740. The van der Waals surface area contributed by atoms with Crippen LogP contribution in [0.2, 0.25) is 0 Å². The number of hydrogen-bond donors (Lipinski definition) is 1. The van der Waals surface area contributed by atoms with Gasteiger partial charge >= 0.3 is 5.97 Å². The predicted molar refractivity (Wildman–Crippen MR) is 70.8 cm³/mol. The number of rotatable bonds is 3. The number of aromatic nitrogens is 1. The van der Waals surface area contributed by atoms with Gasteiger partial charge in [-0.05, 0) is 31.4 Å². The van der Waals surface area contributed by atoms with Gasteiger partial charge in [0.05, 0.1) is 17.0 Å². The van der Waals surface area contributed by atoms with E-state index in [9.17, 15) is 9.90 Å². The topological polar surface area (TPSA) is 77.2 Å². The van der Waals surface area contributed by atoms with Crippen molar-refractivity contribution in [1.82, 2.24) is 4.98 Å². The average molecular weight is 259 g/mol. The lowest BCUT2D eigenvalue weighted by molar-refractivity contribution is -0.149. The first-order valence-corrected chi connectivity index (χ1v) is 6.46. The molecule has 1 aliphatic heterocycles. The molecule has 0 spiro atoms. The van der Waals surface area contributed by atoms with Crippen LogP contribution in [0.1, 0.15) is 31.7 Å². The minimum absolute atomic E-state index is 0.459. The molecular formula is C14H17N3O2. The summed E-state index contributed by atoms with van der Waals surface area (Å²) in [6, 6.07) is 5.45. The van der Waals surface area contributed by atoms with Crippen LogP contribution in [-0.4, -0.2) is 29.1 Å². The van der Waals surface area contributed by atoms with Gasteiger partial charge in [0.2, 0.25) is 0 Å². The molecule has 19 heavy (non-hydrogen) atoms. The molecule has 5 nitrogen and oxygen atoms in total. The fourth-order valence-corrected chi connectivity index (χ4v) is 2.60. The van der Waals surface area contributed by atoms with Crippen LogP contribution in [0.25, 0.3) is 0 Å². The number of nitrogens with zero attached hydrogens (tertiary/aromatic N) is 3. The first kappa shape index (κ1) is 13.3. The second-order valence-electron chi connectivity index (χ2n) is 4.98. The third-order valence-corrected chi connectivity index (χ3v) is 3.91. The third kappa shape index (κ3) is 2.53. The maximum absolute atomic E-state index is 11.5. The van der Waals surface area contributed by atoms with E-state index in [4.69, 9.17) is 5.26 Å². The molecule has 1 unspecified atom stereocenters. The maximum atomic E-state index is 11.5. The van der Waals surface area contributed by atoms with E-state index < -0.39 is 11.4 Å². The van der Waals surface area contributed by atoms with Crippen molar-refractivity contribution in [2.45, 2.75) is 26.2 Å². The number of hydrogen-bond acceptors (Lipinski definition) is 4. The quantitative estimate of drug-likeness (QED) is 0.898. The van der Waals surface area contributed by atoms with Crippen LogP contribution in [0, 0.1) is 16.7 Å². The fraction of sp³-hybridized carbons (Fsp3) is 0.500. The zero-order valence-electron chi connectivity index (χ0n) is 11.0. The number of aliphatic carboxylic acids is 1. The third-order valence-electron chi connectivity index (χ3n) is 3.91. The van der Waals surface area contributed by atoms with Crippen molar-refractivity contribution in [2.75, 3.05) is 18.0 Å². The summed E-state index contributed by atoms with van der Waals surface area (Å²) in [6.45, 7) is 3.16. The van der Waals surface area contributed by atoms with E-state index in [0.717, 1.165) is 13.0 Å². The summed E-state index contributed by atoms with van der Waals surface area (Å²) in [7, 11) is 0. The van der Waals surface area contributed by atoms with Gasteiger partial charge in [-0.25, -0.2) is 4.98 Å². The molecule has 0 bridgehead atoms. The molecule has 1 saturated heterocycles. The highest BCUT2D eigenvalue weighted by Crippen LogP contribution is 2.35. The number of nitriles is 1. The van der Waals surface area contributed by atoms with E-state index in [1.807, 2.05) is 11.8 Å². The maximum Gasteiger partial charge on any atom is 0.311 e. The lowest BCUT2D eigenvalue weighted by Crippen LogP contribution is -2.47. The zero-order valence-corrected chi connectivity index (χ0v) is 11.0. The van der Waals surface area contributed by atoms with Gasteiger partial charge in [0, 0.05) is 19.3 Å². The Morgan fingerprint density at radius 3 is 3.11 bits per heavy atom. The van der Waals surface area contributed by atoms with E-state index in [2.05, 4.69) is 11.1 Å². The van der Waals surface area contributed by atoms with Gasteiger partial charge in [-0.2, -0.15) is 5.26 Å². The van der Waals surface area contributed by atoms with Crippen LogP contribution < -0.4 is 4.90 Å². The van der Waals surface area contributed by atoms with E-state index in [-0.39, 0.29) is 0 Å². The molecule has 2 heterocycles. The number of carboxylic acid groups (broad SMARTS) is 1. The van der Waals surface area contributed by atoms with Gasteiger partial charge in [-0.1, -0.05) is 6.92 Å². The van der Waals surface area contributed by atoms with Gasteiger partial charge in [0.25, 0.3) is 0 Å². The minimum Gasteiger partial charge on any atom is -0.481 e. The van der Waals surface area contributed by atoms with Crippen molar-refractivity contribution in [2.24, 2.45) is 5.41 Å². The smallest absolute Gasteiger partial charge is 0.311 e. The van der Waals surface area contributed by atoms with Crippen LogP contribution in [0.15, 0.2) is 18.3 Å². The number of piperidine rings is 1. The van der Waals surface area contributed by atoms with Crippen molar-refractivity contribution >= 4 is 11.8 Å². The Bertz CT molecular complexity index is 524. The van der Waals surface area contributed by atoms with Crippen molar-refractivity contribution in [1.29, 1.82) is 5.26 Å². The lowest BCUT2D eigenvalue weighted by atomic mass is 9.77. The van der Waals surface area contributed by atoms with Gasteiger partial charge < -0.3 is 10.0 Å². The summed E-state index contributed by atoms with van der Waals surface area (Å²) < 4.78 is 0. The highest BCUT2D eigenvalue weighted by Gasteiger charge is 2.41. The summed E-state index contributed by atoms with van der Waals surface area (Å²) in [5.41, 5.74) is -0.143. The molecule has 100 valence electrons. The van der Waals surface area contributed by atoms with Crippen LogP contribution in [0.5, 0.6) is 0 Å². The summed E-state index contributed by atoms with van der Waals surface area (Å²) in [5, 5.41) is 18.4. The predicted octanol–water partition coefficient (Wildman–Crippen LogP) is 2.03. The summed E-state index contributed by atoms with van der Waals surface area (Å²) in [5.74, 6) is -0.0473. The summed E-state index contributed by atoms with van der Waals surface area (Å²) >= 11 is 0. The Kier molecular flexibility index (Phi) is 3.70. The first-order valence-electron chi connectivity index (χ1n) is 6.46. The van der Waals surface area contributed by atoms with E-state index >= 15 is 0 Å². The van der Waals surface area contributed by atoms with E-state index in [1.54, 1.807) is 18.3 Å². The molecule has 0 aromatic carbocycles. The molecular weight excluding hydrogens is 242 g/mol. The molecule has 1 fully saturated rings. The number of carboxylic acids is 1. The van der Waals surface area contributed by atoms with Gasteiger partial charge in [-0.15, -0.1) is 0 Å². The molecule has 1 aliphatic rings. The molecule has 0 saturated carbocycles. The summed E-state index contributed by atoms with van der Waals surface area (Å²) in [6.07, 6.45) is 3.74. The van der Waals surface area contributed by atoms with Gasteiger partial charge in [-0.3, -0.25) is 4.79 Å². The SMILES string of the molecule is CCC1(C(=O)O)CCCN(c2cc(C#N)ccn2)C1. The molecule has 1 N–H and O–H groups in total. The van der Waals surface area contributed by atoms with E-state index in [0.29, 0.717) is 30.8 Å². The van der Waals surface area contributed by atoms with Crippen molar-refractivity contribution in [3.8, 4) is 6.07 Å². The molecule has 0 radical (unpaired) electrons. The highest BCUT2D eigenvalue weighted by atomic mass is 16.4. The molecule has 1 aromatic heterocycles. The lowest BCUT2D eigenvalue weighted by Gasteiger charge is -2.40. The largest absolute Gasteiger partial charge is 0.481 e. The first-order chi connectivity index (χ1) is 9.11. The normalized spacial score (nSPS) is 22.8. The van der Waals surface area contributed by atoms with Crippen molar-refractivity contribution in [3.63, 3.8) is 0 Å². The average Bonchev–Trinajstić information content (AvgIpc) is 2.47. The zero-order chi connectivity index (χ0) is 13.9. The van der Waals surface area contributed by atoms with Gasteiger partial charge in [0.15, 0.2) is 0 Å². The van der Waals surface area contributed by atoms with Crippen LogP contribution in [-0.2, 0) is 4.79 Å². The van der Waals surface area contributed by atoms with Crippen LogP contribution in [0.4, 0.5) is 5.82 Å². The Hall–Kier alpha value is -2.09. The van der Waals surface area contributed by atoms with Crippen LogP contribution >= 0.6 is 0 Å². The Balaban J connectivity index is 2.26. The number of pyridine rings is 1. The monoisotopic (exact) mass is 259 g/mol. The van der Waals surface area contributed by atoms with Gasteiger partial charge in [0.1, 0.15) is 5.82 Å². The second kappa shape index (κ2) is 5.27. The Labute approximate surface area is 112 Å². The molecule has 0 amide bonds. The van der Waals surface area contributed by atoms with Crippen molar-refractivity contribution in [3.05, 3.63) is 23.9 Å². The molecule has 1 aromatic rings. The van der Waals surface area contributed by atoms with E-state index in [1.165, 1.54) is 0 Å². The summed E-state index contributed by atoms with van der Waals surface area (Å²) in [4.78, 5) is 17.7. The molecule has 1 atom stereocenters. The molecule has 2 rings (SSSR count). The molecule has 5 heteroatoms. The fourth-order valence-electron chi connectivity index (χ4n) is 2.60. The Morgan fingerprint density at radius 2 is 2.47 bits per heavy atom. The Morgan fingerprint density at radius 1 is 1.68 bits per heavy atom. The number of anilines is 1. The van der Waals surface area contributed by atoms with Crippen molar-refractivity contribution < 1.29 is 9.90 Å². The molecule has 0 aliphatic carbocycles. The van der Waals surface area contributed by atoms with Crippen LogP contribution in [0.3, 0.4) is 0 Å². The highest BCUT2D eigenvalue weighted by molar-refractivity contribution is 5.76.